The molecule has 12 heteroatoms. The fourth-order valence-electron chi connectivity index (χ4n) is 4.65. The van der Waals surface area contributed by atoms with Crippen LogP contribution in [0.4, 0.5) is 0 Å². The number of aliphatic hydroxyl groups is 8. The Bertz CT molecular complexity index is 595. The van der Waals surface area contributed by atoms with Crippen LogP contribution in [0.1, 0.15) is 64.7 Å². The summed E-state index contributed by atoms with van der Waals surface area (Å²) >= 11 is 0. The highest BCUT2D eigenvalue weighted by molar-refractivity contribution is 4.99. The first-order chi connectivity index (χ1) is 17.2. The summed E-state index contributed by atoms with van der Waals surface area (Å²) in [6.07, 6.45) is -3.57. The first-order valence-corrected chi connectivity index (χ1v) is 13.1. The molecule has 0 aromatic carbocycles. The summed E-state index contributed by atoms with van der Waals surface area (Å²) in [4.78, 5) is 0. The minimum atomic E-state index is -2.13. The Hall–Kier alpha value is -0.480. The molecule has 0 spiro atoms. The first kappa shape index (κ1) is 31.7. The van der Waals surface area contributed by atoms with Crippen molar-refractivity contribution in [2.75, 3.05) is 26.4 Å². The van der Waals surface area contributed by atoms with Crippen molar-refractivity contribution in [2.24, 2.45) is 0 Å². The SMILES string of the molecule is CCCCCCCCCCC(O)CO[C@H]1[C@H](O)[C@@H](CO)O[C@@]1(CO)O[C@H]1O[C@H](CO)[C@@H](O)[C@H](O)[C@H]1O. The third kappa shape index (κ3) is 8.26. The van der Waals surface area contributed by atoms with Gasteiger partial charge in [0.15, 0.2) is 6.29 Å². The van der Waals surface area contributed by atoms with Gasteiger partial charge in [-0.2, -0.15) is 0 Å². The maximum absolute atomic E-state index is 10.6. The summed E-state index contributed by atoms with van der Waals surface area (Å²) < 4.78 is 22.2. The molecule has 12 nitrogen and oxygen atoms in total. The predicted molar refractivity (Wildman–Crippen MR) is 126 cm³/mol. The fraction of sp³-hybridized carbons (Fsp3) is 1.00. The molecule has 0 saturated carbocycles. The Balaban J connectivity index is 1.94. The van der Waals surface area contributed by atoms with Crippen LogP contribution < -0.4 is 0 Å². The van der Waals surface area contributed by atoms with Gasteiger partial charge in [-0.25, -0.2) is 0 Å². The molecule has 2 aliphatic heterocycles. The molecule has 2 heterocycles. The maximum atomic E-state index is 10.6. The van der Waals surface area contributed by atoms with Crippen molar-refractivity contribution in [2.45, 2.75) is 126 Å². The average molecular weight is 527 g/mol. The van der Waals surface area contributed by atoms with Crippen LogP contribution in [0.3, 0.4) is 0 Å². The lowest BCUT2D eigenvalue weighted by Gasteiger charge is -2.43. The smallest absolute Gasteiger partial charge is 0.224 e. The second-order valence-electron chi connectivity index (χ2n) is 9.79. The van der Waals surface area contributed by atoms with Gasteiger partial charge in [0.1, 0.15) is 49.3 Å². The minimum absolute atomic E-state index is 0.209. The average Bonchev–Trinajstić information content (AvgIpc) is 3.15. The van der Waals surface area contributed by atoms with Gasteiger partial charge in [0.25, 0.3) is 0 Å². The number of aliphatic hydroxyl groups excluding tert-OH is 8. The van der Waals surface area contributed by atoms with Crippen LogP contribution in [0, 0.1) is 0 Å². The van der Waals surface area contributed by atoms with Gasteiger partial charge in [0.05, 0.1) is 25.9 Å². The Kier molecular flexibility index (Phi) is 13.9. The normalized spacial score (nSPS) is 37.9. The summed E-state index contributed by atoms with van der Waals surface area (Å²) in [5.41, 5.74) is 0. The molecule has 10 atom stereocenters. The third-order valence-corrected chi connectivity index (χ3v) is 6.90. The van der Waals surface area contributed by atoms with Crippen molar-refractivity contribution in [3.05, 3.63) is 0 Å². The molecular formula is C24H46O12. The van der Waals surface area contributed by atoms with Crippen molar-refractivity contribution in [3.8, 4) is 0 Å². The molecule has 1 unspecified atom stereocenters. The maximum Gasteiger partial charge on any atom is 0.224 e. The van der Waals surface area contributed by atoms with E-state index >= 15 is 0 Å². The zero-order chi connectivity index (χ0) is 26.7. The van der Waals surface area contributed by atoms with E-state index in [1.807, 2.05) is 0 Å². The zero-order valence-corrected chi connectivity index (χ0v) is 21.1. The number of ether oxygens (including phenoxy) is 4. The van der Waals surface area contributed by atoms with Crippen LogP contribution in [-0.2, 0) is 18.9 Å². The fourth-order valence-corrected chi connectivity index (χ4v) is 4.65. The molecule has 0 amide bonds. The second-order valence-corrected chi connectivity index (χ2v) is 9.79. The van der Waals surface area contributed by atoms with Crippen molar-refractivity contribution in [1.29, 1.82) is 0 Å². The van der Waals surface area contributed by atoms with E-state index in [9.17, 15) is 40.9 Å². The largest absolute Gasteiger partial charge is 0.394 e. The molecule has 0 bridgehead atoms. The highest BCUT2D eigenvalue weighted by atomic mass is 16.8. The Morgan fingerprint density at radius 2 is 1.39 bits per heavy atom. The lowest BCUT2D eigenvalue weighted by molar-refractivity contribution is -0.386. The van der Waals surface area contributed by atoms with Crippen molar-refractivity contribution in [1.82, 2.24) is 0 Å². The van der Waals surface area contributed by atoms with E-state index in [1.54, 1.807) is 0 Å². The second kappa shape index (κ2) is 15.8. The third-order valence-electron chi connectivity index (χ3n) is 6.90. The standard InChI is InChI=1S/C24H46O12/c1-2-3-4-5-6-7-8-9-10-15(28)13-33-22-19(30)17(12-26)35-24(22,14-27)36-23-21(32)20(31)18(29)16(11-25)34-23/h15-23,25-32H,2-14H2,1H3/t15?,16-,17-,18-,19-,20+,21-,22+,23-,24+/m1/s1. The summed E-state index contributed by atoms with van der Waals surface area (Å²) in [6.45, 7) is -0.254. The van der Waals surface area contributed by atoms with Crippen molar-refractivity contribution in [3.63, 3.8) is 0 Å². The van der Waals surface area contributed by atoms with Crippen LogP contribution in [-0.4, -0.2) is 128 Å². The zero-order valence-electron chi connectivity index (χ0n) is 21.1. The van der Waals surface area contributed by atoms with Gasteiger partial charge >= 0.3 is 0 Å². The molecule has 214 valence electrons. The van der Waals surface area contributed by atoms with E-state index in [0.29, 0.717) is 6.42 Å². The van der Waals surface area contributed by atoms with Gasteiger partial charge in [0, 0.05) is 0 Å². The molecule has 8 N–H and O–H groups in total. The highest BCUT2D eigenvalue weighted by Gasteiger charge is 2.59. The van der Waals surface area contributed by atoms with E-state index in [1.165, 1.54) is 25.7 Å². The molecule has 0 aliphatic carbocycles. The summed E-state index contributed by atoms with van der Waals surface area (Å²) in [5, 5.41) is 80.5. The Morgan fingerprint density at radius 3 is 1.97 bits per heavy atom. The predicted octanol–water partition coefficient (Wildman–Crippen LogP) is -1.48. The Labute approximate surface area is 212 Å². The topological polar surface area (TPSA) is 199 Å². The van der Waals surface area contributed by atoms with E-state index in [-0.39, 0.29) is 6.61 Å². The lowest BCUT2D eigenvalue weighted by Crippen LogP contribution is -2.63. The van der Waals surface area contributed by atoms with Gasteiger partial charge in [-0.1, -0.05) is 58.3 Å². The molecule has 2 aliphatic rings. The van der Waals surface area contributed by atoms with Gasteiger partial charge < -0.3 is 59.8 Å². The highest BCUT2D eigenvalue weighted by Crippen LogP contribution is 2.38. The number of hydrogen-bond acceptors (Lipinski definition) is 12. The van der Waals surface area contributed by atoms with E-state index in [4.69, 9.17) is 18.9 Å². The molecule has 0 aromatic heterocycles. The van der Waals surface area contributed by atoms with Gasteiger partial charge in [-0.15, -0.1) is 0 Å². The van der Waals surface area contributed by atoms with Crippen molar-refractivity contribution >= 4 is 0 Å². The molecule has 2 fully saturated rings. The Morgan fingerprint density at radius 1 is 0.778 bits per heavy atom. The monoisotopic (exact) mass is 526 g/mol. The van der Waals surface area contributed by atoms with Crippen LogP contribution in [0.5, 0.6) is 0 Å². The van der Waals surface area contributed by atoms with Gasteiger partial charge in [-0.3, -0.25) is 0 Å². The number of rotatable bonds is 17. The van der Waals surface area contributed by atoms with Gasteiger partial charge in [0.2, 0.25) is 5.79 Å². The molecular weight excluding hydrogens is 480 g/mol. The summed E-state index contributed by atoms with van der Waals surface area (Å²) in [6, 6.07) is 0. The van der Waals surface area contributed by atoms with E-state index in [2.05, 4.69) is 6.92 Å². The lowest BCUT2D eigenvalue weighted by atomic mass is 9.99. The van der Waals surface area contributed by atoms with E-state index in [0.717, 1.165) is 25.7 Å². The molecule has 36 heavy (non-hydrogen) atoms. The summed E-state index contributed by atoms with van der Waals surface area (Å²) in [7, 11) is 0. The van der Waals surface area contributed by atoms with Crippen LogP contribution in [0.25, 0.3) is 0 Å². The minimum Gasteiger partial charge on any atom is -0.394 e. The molecule has 2 saturated heterocycles. The number of hydrogen-bond donors (Lipinski definition) is 8. The quantitative estimate of drug-likeness (QED) is 0.102. The van der Waals surface area contributed by atoms with Crippen LogP contribution >= 0.6 is 0 Å². The number of unbranched alkanes of at least 4 members (excludes halogenated alkanes) is 7. The molecule has 2 rings (SSSR count). The molecule has 0 aromatic rings. The summed E-state index contributed by atoms with van der Waals surface area (Å²) in [5.74, 6) is -2.13. The molecule has 0 radical (unpaired) electrons. The van der Waals surface area contributed by atoms with Crippen LogP contribution in [0.2, 0.25) is 0 Å². The van der Waals surface area contributed by atoms with Gasteiger partial charge in [-0.05, 0) is 6.42 Å². The van der Waals surface area contributed by atoms with Crippen molar-refractivity contribution < 1.29 is 59.8 Å². The first-order valence-electron chi connectivity index (χ1n) is 13.1. The van der Waals surface area contributed by atoms with Crippen LogP contribution in [0.15, 0.2) is 0 Å². The van der Waals surface area contributed by atoms with E-state index < -0.39 is 80.7 Å².